The summed E-state index contributed by atoms with van der Waals surface area (Å²) in [5.74, 6) is -1.19. The predicted molar refractivity (Wildman–Crippen MR) is 116 cm³/mol. The number of carbonyl (C=O) groups excluding carboxylic acids is 1. The molecule has 0 bridgehead atoms. The van der Waals surface area contributed by atoms with Crippen LogP contribution in [-0.2, 0) is 27.9 Å². The highest BCUT2D eigenvalue weighted by Crippen LogP contribution is 2.24. The molecule has 2 aromatic carbocycles. The highest BCUT2D eigenvalue weighted by Gasteiger charge is 2.30. The van der Waals surface area contributed by atoms with Gasteiger partial charge in [-0.15, -0.1) is 0 Å². The van der Waals surface area contributed by atoms with Crippen molar-refractivity contribution in [2.24, 2.45) is 0 Å². The number of hydrogen-bond donors (Lipinski definition) is 1. The van der Waals surface area contributed by atoms with E-state index < -0.39 is 27.8 Å². The number of amides is 1. The lowest BCUT2D eigenvalue weighted by atomic mass is 10.1. The van der Waals surface area contributed by atoms with Crippen molar-refractivity contribution >= 4 is 21.6 Å². The van der Waals surface area contributed by atoms with E-state index in [4.69, 9.17) is 0 Å². The molecule has 0 unspecified atom stereocenters. The van der Waals surface area contributed by atoms with Crippen molar-refractivity contribution in [3.05, 3.63) is 65.5 Å². The third kappa shape index (κ3) is 5.58. The zero-order valence-corrected chi connectivity index (χ0v) is 18.2. The minimum absolute atomic E-state index is 0.143. The van der Waals surface area contributed by atoms with Crippen LogP contribution in [0.1, 0.15) is 30.9 Å². The fourth-order valence-corrected chi connectivity index (χ4v) is 4.96. The van der Waals surface area contributed by atoms with E-state index in [1.54, 1.807) is 0 Å². The number of carbonyl (C=O) groups is 1. The lowest BCUT2D eigenvalue weighted by Crippen LogP contribution is -2.48. The van der Waals surface area contributed by atoms with Crippen LogP contribution >= 0.6 is 0 Å². The number of rotatable bonds is 8. The van der Waals surface area contributed by atoms with Crippen molar-refractivity contribution in [2.75, 3.05) is 23.7 Å². The molecule has 1 amide bonds. The Hall–Kier alpha value is -2.45. The molecule has 1 saturated heterocycles. The number of sulfonamides is 1. The van der Waals surface area contributed by atoms with Crippen LogP contribution in [0.4, 0.5) is 10.1 Å². The first-order valence-corrected chi connectivity index (χ1v) is 11.9. The summed E-state index contributed by atoms with van der Waals surface area (Å²) >= 11 is 0. The molecule has 1 aliphatic heterocycles. The normalized spacial score (nSPS) is 15.7. The van der Waals surface area contributed by atoms with Gasteiger partial charge in [-0.3, -0.25) is 14.0 Å². The number of benzene rings is 2. The molecule has 0 saturated carbocycles. The van der Waals surface area contributed by atoms with Crippen LogP contribution in [0.15, 0.2) is 48.5 Å². The Bertz CT molecular complexity index is 991. The highest BCUT2D eigenvalue weighted by atomic mass is 32.2. The van der Waals surface area contributed by atoms with Crippen LogP contribution in [0.3, 0.4) is 0 Å². The molecule has 8 heteroatoms. The molecular formula is C22H28FN3O3S. The van der Waals surface area contributed by atoms with Gasteiger partial charge in [0.05, 0.1) is 11.9 Å². The molecule has 30 heavy (non-hydrogen) atoms. The lowest BCUT2D eigenvalue weighted by Gasteiger charge is -2.28. The fourth-order valence-electron chi connectivity index (χ4n) is 3.79. The molecule has 6 nitrogen and oxygen atoms in total. The Kier molecular flexibility index (Phi) is 7.10. The average molecular weight is 434 g/mol. The highest BCUT2D eigenvalue weighted by molar-refractivity contribution is 7.92. The molecule has 1 N–H and O–H groups in total. The van der Waals surface area contributed by atoms with Gasteiger partial charge in [-0.2, -0.15) is 0 Å². The smallest absolute Gasteiger partial charge is 0.243 e. The van der Waals surface area contributed by atoms with Crippen LogP contribution < -0.4 is 9.62 Å². The maximum atomic E-state index is 14.2. The van der Waals surface area contributed by atoms with Gasteiger partial charge in [-0.25, -0.2) is 12.8 Å². The summed E-state index contributed by atoms with van der Waals surface area (Å²) in [5.41, 5.74) is 1.97. The monoisotopic (exact) mass is 433 g/mol. The van der Waals surface area contributed by atoms with Gasteiger partial charge < -0.3 is 5.32 Å². The van der Waals surface area contributed by atoms with Gasteiger partial charge in [0.25, 0.3) is 0 Å². The van der Waals surface area contributed by atoms with E-state index in [2.05, 4.69) is 22.3 Å². The quantitative estimate of drug-likeness (QED) is 0.695. The van der Waals surface area contributed by atoms with E-state index in [0.717, 1.165) is 35.8 Å². The second-order valence-electron chi connectivity index (χ2n) is 7.71. The molecule has 0 aromatic heterocycles. The van der Waals surface area contributed by atoms with Crippen molar-refractivity contribution in [3.63, 3.8) is 0 Å². The van der Waals surface area contributed by atoms with Crippen molar-refractivity contribution in [2.45, 2.75) is 38.9 Å². The summed E-state index contributed by atoms with van der Waals surface area (Å²) in [6.07, 6.45) is 3.42. The second-order valence-corrected chi connectivity index (χ2v) is 9.57. The second kappa shape index (κ2) is 9.57. The molecule has 1 heterocycles. The molecular weight excluding hydrogens is 405 g/mol. The first-order chi connectivity index (χ1) is 14.3. The van der Waals surface area contributed by atoms with Gasteiger partial charge in [0.2, 0.25) is 15.9 Å². The zero-order valence-electron chi connectivity index (χ0n) is 17.3. The average Bonchev–Trinajstić information content (AvgIpc) is 3.20. The standard InChI is InChI=1S/C22H28FN3O3S/c1-17(26(30(2,28)29)21-11-4-3-10-20(21)23)22(27)24-15-18-8-7-9-19(14-18)16-25-12-5-6-13-25/h3-4,7-11,14,17H,5-6,12-13,15-16H2,1-2H3,(H,24,27)/t17-/m0/s1. The Morgan fingerprint density at radius 1 is 1.13 bits per heavy atom. The van der Waals surface area contributed by atoms with Crippen LogP contribution in [0.25, 0.3) is 0 Å². The molecule has 1 fully saturated rings. The van der Waals surface area contributed by atoms with Crippen molar-refractivity contribution in [1.82, 2.24) is 10.2 Å². The summed E-state index contributed by atoms with van der Waals surface area (Å²) in [6.45, 7) is 4.82. The Morgan fingerprint density at radius 3 is 2.47 bits per heavy atom. The SMILES string of the molecule is C[C@@H](C(=O)NCc1cccc(CN2CCCC2)c1)N(c1ccccc1F)S(C)(=O)=O. The molecule has 0 spiro atoms. The maximum Gasteiger partial charge on any atom is 0.243 e. The Labute approximate surface area is 177 Å². The number of hydrogen-bond acceptors (Lipinski definition) is 4. The van der Waals surface area contributed by atoms with Crippen LogP contribution in [0.2, 0.25) is 0 Å². The summed E-state index contributed by atoms with van der Waals surface area (Å²) < 4.78 is 39.6. The Balaban J connectivity index is 1.68. The minimum Gasteiger partial charge on any atom is -0.350 e. The van der Waals surface area contributed by atoms with Crippen LogP contribution in [0.5, 0.6) is 0 Å². The minimum atomic E-state index is -3.86. The van der Waals surface area contributed by atoms with E-state index in [9.17, 15) is 17.6 Å². The summed E-state index contributed by atoms with van der Waals surface area (Å²) in [5, 5.41) is 2.78. The van der Waals surface area contributed by atoms with Gasteiger partial charge in [0, 0.05) is 13.1 Å². The van der Waals surface area contributed by atoms with Gasteiger partial charge in [-0.1, -0.05) is 36.4 Å². The van der Waals surface area contributed by atoms with E-state index in [1.807, 2.05) is 12.1 Å². The summed E-state index contributed by atoms with van der Waals surface area (Å²) in [7, 11) is -3.86. The largest absolute Gasteiger partial charge is 0.350 e. The third-order valence-corrected chi connectivity index (χ3v) is 6.47. The number of nitrogens with zero attached hydrogens (tertiary/aromatic N) is 2. The Morgan fingerprint density at radius 2 is 1.80 bits per heavy atom. The number of anilines is 1. The first-order valence-electron chi connectivity index (χ1n) is 10.1. The zero-order chi connectivity index (χ0) is 21.7. The number of para-hydroxylation sites is 1. The van der Waals surface area contributed by atoms with Crippen molar-refractivity contribution in [1.29, 1.82) is 0 Å². The van der Waals surface area contributed by atoms with E-state index >= 15 is 0 Å². The maximum absolute atomic E-state index is 14.2. The van der Waals surface area contributed by atoms with Gasteiger partial charge >= 0.3 is 0 Å². The van der Waals surface area contributed by atoms with Crippen molar-refractivity contribution in [3.8, 4) is 0 Å². The van der Waals surface area contributed by atoms with E-state index in [1.165, 1.54) is 49.6 Å². The predicted octanol–water partition coefficient (Wildman–Crippen LogP) is 2.89. The summed E-state index contributed by atoms with van der Waals surface area (Å²) in [6, 6.07) is 12.4. The molecule has 1 aliphatic rings. The topological polar surface area (TPSA) is 69.7 Å². The molecule has 0 aliphatic carbocycles. The first kappa shape index (κ1) is 22.2. The number of halogens is 1. The number of likely N-dealkylation sites (tertiary alicyclic amines) is 1. The van der Waals surface area contributed by atoms with E-state index in [0.29, 0.717) is 0 Å². The van der Waals surface area contributed by atoms with Crippen molar-refractivity contribution < 1.29 is 17.6 Å². The van der Waals surface area contributed by atoms with Crippen LogP contribution in [-0.4, -0.2) is 44.6 Å². The lowest BCUT2D eigenvalue weighted by molar-refractivity contribution is -0.122. The third-order valence-electron chi connectivity index (χ3n) is 5.24. The molecule has 2 aromatic rings. The molecule has 0 radical (unpaired) electrons. The van der Waals surface area contributed by atoms with Gasteiger partial charge in [-0.05, 0) is 56.1 Å². The molecule has 3 rings (SSSR count). The fraction of sp³-hybridized carbons (Fsp3) is 0.409. The summed E-state index contributed by atoms with van der Waals surface area (Å²) in [4.78, 5) is 15.1. The van der Waals surface area contributed by atoms with Crippen LogP contribution in [0, 0.1) is 5.82 Å². The number of nitrogens with one attached hydrogen (secondary N) is 1. The molecule has 1 atom stereocenters. The van der Waals surface area contributed by atoms with Gasteiger partial charge in [0.15, 0.2) is 0 Å². The van der Waals surface area contributed by atoms with E-state index in [-0.39, 0.29) is 12.2 Å². The van der Waals surface area contributed by atoms with Gasteiger partial charge in [0.1, 0.15) is 11.9 Å². The molecule has 162 valence electrons.